The van der Waals surface area contributed by atoms with Crippen molar-refractivity contribution in [1.29, 1.82) is 0 Å². The molecule has 0 aromatic heterocycles. The Balaban J connectivity index is 4.31. The molecule has 326 valence electrons. The van der Waals surface area contributed by atoms with Crippen molar-refractivity contribution in [1.82, 2.24) is 5.32 Å². The van der Waals surface area contributed by atoms with E-state index in [0.717, 1.165) is 83.5 Å². The quantitative estimate of drug-likeness (QED) is 0.0276. The Morgan fingerprint density at radius 2 is 1.09 bits per heavy atom. The summed E-state index contributed by atoms with van der Waals surface area (Å²) in [4.78, 5) is 25.3. The number of hydrogen-bond donors (Lipinski definition) is 2. The van der Waals surface area contributed by atoms with Crippen LogP contribution in [0.25, 0.3) is 0 Å². The molecular formula is C47H87N2O6P. The van der Waals surface area contributed by atoms with Gasteiger partial charge in [0.05, 0.1) is 39.9 Å². The Bertz CT molecular complexity index is 1100. The molecule has 0 aromatic rings. The fourth-order valence-electron chi connectivity index (χ4n) is 6.18. The van der Waals surface area contributed by atoms with Gasteiger partial charge in [0.2, 0.25) is 5.91 Å². The number of aliphatic hydroxyl groups excluding tert-OH is 1. The van der Waals surface area contributed by atoms with E-state index in [0.29, 0.717) is 23.9 Å². The van der Waals surface area contributed by atoms with Gasteiger partial charge in [0.1, 0.15) is 13.2 Å². The Morgan fingerprint density at radius 3 is 1.59 bits per heavy atom. The van der Waals surface area contributed by atoms with E-state index in [9.17, 15) is 19.4 Å². The van der Waals surface area contributed by atoms with Crippen LogP contribution >= 0.6 is 7.82 Å². The number of allylic oxidation sites excluding steroid dienone is 10. The van der Waals surface area contributed by atoms with Crippen LogP contribution in [0.3, 0.4) is 0 Å². The first-order valence-electron chi connectivity index (χ1n) is 22.6. The lowest BCUT2D eigenvalue weighted by molar-refractivity contribution is -0.870. The third-order valence-electron chi connectivity index (χ3n) is 9.77. The molecule has 0 heterocycles. The molecule has 0 aliphatic rings. The first-order chi connectivity index (χ1) is 27.0. The van der Waals surface area contributed by atoms with Gasteiger partial charge in [-0.1, -0.05) is 177 Å². The van der Waals surface area contributed by atoms with Crippen LogP contribution in [0.2, 0.25) is 0 Å². The van der Waals surface area contributed by atoms with Gasteiger partial charge in [-0.2, -0.15) is 0 Å². The van der Waals surface area contributed by atoms with Crippen LogP contribution in [0, 0.1) is 0 Å². The van der Waals surface area contributed by atoms with E-state index in [1.165, 1.54) is 70.6 Å². The summed E-state index contributed by atoms with van der Waals surface area (Å²) < 4.78 is 23.2. The van der Waals surface area contributed by atoms with Crippen LogP contribution in [-0.4, -0.2) is 68.5 Å². The van der Waals surface area contributed by atoms with E-state index < -0.39 is 20.0 Å². The molecule has 0 saturated carbocycles. The molecule has 0 rings (SSSR count). The average molecular weight is 807 g/mol. The minimum Gasteiger partial charge on any atom is -0.756 e. The molecule has 0 spiro atoms. The highest BCUT2D eigenvalue weighted by Gasteiger charge is 2.24. The second-order valence-corrected chi connectivity index (χ2v) is 17.8. The average Bonchev–Trinajstić information content (AvgIpc) is 3.15. The molecule has 56 heavy (non-hydrogen) atoms. The fourth-order valence-corrected chi connectivity index (χ4v) is 6.91. The summed E-state index contributed by atoms with van der Waals surface area (Å²) in [5.74, 6) is -0.180. The molecule has 0 aliphatic heterocycles. The zero-order valence-corrected chi connectivity index (χ0v) is 37.7. The predicted molar refractivity (Wildman–Crippen MR) is 237 cm³/mol. The molecule has 8 nitrogen and oxygen atoms in total. The number of carbonyl (C=O) groups excluding carboxylic acids is 1. The number of likely N-dealkylation sites (N-methyl/N-ethyl adjacent to an activating group) is 1. The summed E-state index contributed by atoms with van der Waals surface area (Å²) >= 11 is 0. The van der Waals surface area contributed by atoms with Gasteiger partial charge in [0, 0.05) is 6.42 Å². The number of carbonyl (C=O) groups is 1. The molecule has 9 heteroatoms. The third kappa shape index (κ3) is 40.4. The molecule has 0 saturated heterocycles. The number of phosphoric acid groups is 1. The third-order valence-corrected chi connectivity index (χ3v) is 10.7. The number of rotatable bonds is 40. The van der Waals surface area contributed by atoms with Crippen molar-refractivity contribution in [2.24, 2.45) is 0 Å². The number of nitrogens with zero attached hydrogens (tertiary/aromatic N) is 1. The van der Waals surface area contributed by atoms with Gasteiger partial charge in [-0.25, -0.2) is 0 Å². The van der Waals surface area contributed by atoms with Crippen LogP contribution in [0.4, 0.5) is 0 Å². The first-order valence-corrected chi connectivity index (χ1v) is 24.1. The van der Waals surface area contributed by atoms with Crippen molar-refractivity contribution in [2.45, 2.75) is 193 Å². The fraction of sp³-hybridized carbons (Fsp3) is 0.766. The van der Waals surface area contributed by atoms with Gasteiger partial charge in [-0.05, 0) is 57.8 Å². The standard InChI is InChI=1S/C47H87N2O6P/c1-6-8-10-12-14-16-18-19-20-21-22-23-24-25-26-27-28-29-31-33-35-37-39-41-47(51)48-45(44-55-56(52,53)54-43-42-49(3,4)5)46(50)40-38-36-34-32-30-17-15-13-11-9-7-2/h8,10,14,16,19-20,22-23,25-26,45-46,50H,6-7,9,11-13,15,17-18,21,24,27-44H2,1-5H3,(H-,48,51,52,53)/b10-8-,16-14-,20-19-,23-22-,26-25-. The molecule has 0 aliphatic carbocycles. The second-order valence-electron chi connectivity index (χ2n) is 16.4. The van der Waals surface area contributed by atoms with E-state index in [4.69, 9.17) is 9.05 Å². The molecule has 3 atom stereocenters. The minimum absolute atomic E-state index is 0.00684. The number of amides is 1. The van der Waals surface area contributed by atoms with Gasteiger partial charge >= 0.3 is 0 Å². The number of quaternary nitrogens is 1. The smallest absolute Gasteiger partial charge is 0.268 e. The second kappa shape index (κ2) is 38.7. The summed E-state index contributed by atoms with van der Waals surface area (Å²) in [7, 11) is 1.29. The van der Waals surface area contributed by atoms with Crippen molar-refractivity contribution in [3.05, 3.63) is 60.8 Å². The van der Waals surface area contributed by atoms with Crippen LogP contribution < -0.4 is 10.2 Å². The van der Waals surface area contributed by atoms with Gasteiger partial charge in [0.25, 0.3) is 7.82 Å². The highest BCUT2D eigenvalue weighted by Crippen LogP contribution is 2.38. The normalized spacial score (nSPS) is 14.9. The van der Waals surface area contributed by atoms with Crippen molar-refractivity contribution in [3.63, 3.8) is 0 Å². The highest BCUT2D eigenvalue weighted by molar-refractivity contribution is 7.45. The molecule has 1 amide bonds. The van der Waals surface area contributed by atoms with Crippen LogP contribution in [-0.2, 0) is 18.4 Å². The SMILES string of the molecule is CC/C=C\C/C=C\C/C=C\C/C=C\C/C=C\CCCCCCCCCC(=O)NC(COP(=O)([O-])OCC[N+](C)(C)C)C(O)CCCCCCCCCCCCC. The number of unbranched alkanes of at least 4 members (excludes halogenated alkanes) is 17. The van der Waals surface area contributed by atoms with Crippen molar-refractivity contribution in [3.8, 4) is 0 Å². The zero-order chi connectivity index (χ0) is 41.4. The summed E-state index contributed by atoms with van der Waals surface area (Å²) in [5.41, 5.74) is 0. The molecular weight excluding hydrogens is 719 g/mol. The summed E-state index contributed by atoms with van der Waals surface area (Å²) in [6.07, 6.45) is 49.4. The van der Waals surface area contributed by atoms with E-state index in [2.05, 4.69) is 79.9 Å². The molecule has 0 aromatic carbocycles. The van der Waals surface area contributed by atoms with E-state index in [1.54, 1.807) is 0 Å². The predicted octanol–water partition coefficient (Wildman–Crippen LogP) is 12.0. The monoisotopic (exact) mass is 807 g/mol. The van der Waals surface area contributed by atoms with E-state index >= 15 is 0 Å². The maximum absolute atomic E-state index is 12.9. The summed E-state index contributed by atoms with van der Waals surface area (Å²) in [5, 5.41) is 13.9. The Hall–Kier alpha value is -1.80. The number of hydrogen-bond acceptors (Lipinski definition) is 6. The van der Waals surface area contributed by atoms with Gasteiger partial charge < -0.3 is 28.8 Å². The van der Waals surface area contributed by atoms with Crippen LogP contribution in [0.5, 0.6) is 0 Å². The van der Waals surface area contributed by atoms with E-state index in [-0.39, 0.29) is 19.1 Å². The Labute approximate surface area is 345 Å². The molecule has 0 fully saturated rings. The van der Waals surface area contributed by atoms with Crippen molar-refractivity contribution >= 4 is 13.7 Å². The number of phosphoric ester groups is 1. The summed E-state index contributed by atoms with van der Waals surface area (Å²) in [6.45, 7) is 4.57. The Morgan fingerprint density at radius 1 is 0.643 bits per heavy atom. The molecule has 3 unspecified atom stereocenters. The lowest BCUT2D eigenvalue weighted by Crippen LogP contribution is -2.46. The number of aliphatic hydroxyl groups is 1. The highest BCUT2D eigenvalue weighted by atomic mass is 31.2. The van der Waals surface area contributed by atoms with Gasteiger partial charge in [0.15, 0.2) is 0 Å². The maximum Gasteiger partial charge on any atom is 0.268 e. The lowest BCUT2D eigenvalue weighted by atomic mass is 10.0. The van der Waals surface area contributed by atoms with Crippen LogP contribution in [0.15, 0.2) is 60.8 Å². The zero-order valence-electron chi connectivity index (χ0n) is 36.8. The van der Waals surface area contributed by atoms with Crippen molar-refractivity contribution in [2.75, 3.05) is 40.9 Å². The van der Waals surface area contributed by atoms with Crippen molar-refractivity contribution < 1.29 is 32.9 Å². The molecule has 0 radical (unpaired) electrons. The van der Waals surface area contributed by atoms with E-state index in [1.807, 2.05) is 21.1 Å². The van der Waals surface area contributed by atoms with Gasteiger partial charge in [-0.15, -0.1) is 0 Å². The summed E-state index contributed by atoms with van der Waals surface area (Å²) in [6, 6.07) is -0.808. The first kappa shape index (κ1) is 54.2. The number of nitrogens with one attached hydrogen (secondary N) is 1. The molecule has 0 bridgehead atoms. The lowest BCUT2D eigenvalue weighted by Gasteiger charge is -2.30. The Kier molecular flexibility index (Phi) is 37.5. The van der Waals surface area contributed by atoms with Crippen LogP contribution in [0.1, 0.15) is 181 Å². The topological polar surface area (TPSA) is 108 Å². The largest absolute Gasteiger partial charge is 0.756 e. The van der Waals surface area contributed by atoms with Gasteiger partial charge in [-0.3, -0.25) is 9.36 Å². The maximum atomic E-state index is 12.9. The minimum atomic E-state index is -4.57. The molecule has 2 N–H and O–H groups in total.